The molecule has 1 rings (SSSR count). The maximum atomic E-state index is 11.3. The summed E-state index contributed by atoms with van der Waals surface area (Å²) in [5.41, 5.74) is 5.95. The molecule has 0 aliphatic heterocycles. The third-order valence-corrected chi connectivity index (χ3v) is 1.64. The maximum Gasteiger partial charge on any atom is 0.242 e. The molecule has 0 aliphatic rings. The summed E-state index contributed by atoms with van der Waals surface area (Å²) in [7, 11) is 0. The van der Waals surface area contributed by atoms with E-state index in [0.717, 1.165) is 0 Å². The molecule has 0 spiro atoms. The Balaban J connectivity index is 2.41. The average Bonchev–Trinajstić information content (AvgIpc) is 2.50. The Morgan fingerprint density at radius 3 is 3.07 bits per heavy atom. The van der Waals surface area contributed by atoms with Crippen molar-refractivity contribution >= 4 is 11.6 Å². The summed E-state index contributed by atoms with van der Waals surface area (Å²) in [6.07, 6.45) is 3.05. The number of anilines is 1. The van der Waals surface area contributed by atoms with E-state index in [0.29, 0.717) is 5.69 Å². The van der Waals surface area contributed by atoms with Gasteiger partial charge in [0.15, 0.2) is 0 Å². The molecule has 0 bridgehead atoms. The minimum atomic E-state index is -0.240. The largest absolute Gasteiger partial charge is 0.396 e. The molecule has 4 N–H and O–H groups in total. The number of aliphatic hydroxyl groups is 1. The molecule has 1 unspecified atom stereocenters. The molecule has 14 heavy (non-hydrogen) atoms. The van der Waals surface area contributed by atoms with Crippen LogP contribution in [0.25, 0.3) is 0 Å². The summed E-state index contributed by atoms with van der Waals surface area (Å²) in [4.78, 5) is 11.3. The topological polar surface area (TPSA) is 93.2 Å². The predicted molar refractivity (Wildman–Crippen MR) is 51.3 cm³/mol. The molecule has 1 amide bonds. The molecule has 0 saturated heterocycles. The Hall–Kier alpha value is -1.56. The van der Waals surface area contributed by atoms with E-state index in [-0.39, 0.29) is 25.1 Å². The van der Waals surface area contributed by atoms with Crippen molar-refractivity contribution in [3.8, 4) is 0 Å². The molecule has 6 heteroatoms. The van der Waals surface area contributed by atoms with Gasteiger partial charge >= 0.3 is 0 Å². The van der Waals surface area contributed by atoms with Crippen LogP contribution in [0.3, 0.4) is 0 Å². The molecule has 6 nitrogen and oxygen atoms in total. The molecule has 1 aromatic rings. The van der Waals surface area contributed by atoms with Gasteiger partial charge in [-0.1, -0.05) is 0 Å². The lowest BCUT2D eigenvalue weighted by Crippen LogP contribution is -2.37. The predicted octanol–water partition coefficient (Wildman–Crippen LogP) is -1.04. The molecule has 0 saturated carbocycles. The van der Waals surface area contributed by atoms with Gasteiger partial charge in [0.05, 0.1) is 18.5 Å². The van der Waals surface area contributed by atoms with Gasteiger partial charge in [0, 0.05) is 12.2 Å². The van der Waals surface area contributed by atoms with Crippen LogP contribution >= 0.6 is 0 Å². The van der Waals surface area contributed by atoms with Gasteiger partial charge in [0.1, 0.15) is 6.54 Å². The van der Waals surface area contributed by atoms with E-state index in [1.807, 2.05) is 0 Å². The molecule has 0 aromatic carbocycles. The highest BCUT2D eigenvalue weighted by molar-refractivity contribution is 5.75. The lowest BCUT2D eigenvalue weighted by Gasteiger charge is -2.10. The summed E-state index contributed by atoms with van der Waals surface area (Å²) < 4.78 is 1.44. The van der Waals surface area contributed by atoms with Crippen LogP contribution < -0.4 is 11.1 Å². The van der Waals surface area contributed by atoms with Crippen LogP contribution in [0.2, 0.25) is 0 Å². The minimum absolute atomic E-state index is 0.0764. The van der Waals surface area contributed by atoms with Gasteiger partial charge in [-0.05, 0) is 6.92 Å². The number of hydrogen-bond acceptors (Lipinski definition) is 4. The van der Waals surface area contributed by atoms with Crippen molar-refractivity contribution < 1.29 is 9.90 Å². The van der Waals surface area contributed by atoms with Gasteiger partial charge in [-0.25, -0.2) is 0 Å². The number of aliphatic hydroxyl groups excluding tert-OH is 1. The first-order valence-corrected chi connectivity index (χ1v) is 4.30. The lowest BCUT2D eigenvalue weighted by atomic mass is 10.3. The summed E-state index contributed by atoms with van der Waals surface area (Å²) in [6, 6.07) is -0.240. The fourth-order valence-corrected chi connectivity index (χ4v) is 0.979. The van der Waals surface area contributed by atoms with Crippen molar-refractivity contribution in [3.63, 3.8) is 0 Å². The zero-order valence-corrected chi connectivity index (χ0v) is 7.97. The number of amides is 1. The van der Waals surface area contributed by atoms with Crippen LogP contribution in [0.1, 0.15) is 6.92 Å². The van der Waals surface area contributed by atoms with Gasteiger partial charge in [0.2, 0.25) is 5.91 Å². The summed E-state index contributed by atoms with van der Waals surface area (Å²) >= 11 is 0. The van der Waals surface area contributed by atoms with Crippen molar-refractivity contribution in [3.05, 3.63) is 12.4 Å². The molecule has 0 aliphatic carbocycles. The molecule has 1 heterocycles. The Kier molecular flexibility index (Phi) is 3.47. The quantitative estimate of drug-likeness (QED) is 0.576. The zero-order valence-electron chi connectivity index (χ0n) is 7.97. The van der Waals surface area contributed by atoms with E-state index in [1.54, 1.807) is 13.1 Å². The Labute approximate surface area is 81.7 Å². The number of nitrogens with two attached hydrogens (primary N) is 1. The first kappa shape index (κ1) is 10.5. The maximum absolute atomic E-state index is 11.3. The smallest absolute Gasteiger partial charge is 0.242 e. The number of nitrogens with zero attached hydrogens (tertiary/aromatic N) is 2. The van der Waals surface area contributed by atoms with Crippen molar-refractivity contribution in [1.82, 2.24) is 15.1 Å². The van der Waals surface area contributed by atoms with Gasteiger partial charge in [-0.3, -0.25) is 9.48 Å². The summed E-state index contributed by atoms with van der Waals surface area (Å²) in [5.74, 6) is -0.199. The molecule has 1 atom stereocenters. The fraction of sp³-hybridized carbons (Fsp3) is 0.500. The Bertz CT molecular complexity index is 310. The van der Waals surface area contributed by atoms with E-state index >= 15 is 0 Å². The standard InChI is InChI=1S/C8H14N4O2/c1-6(5-13)11-8(14)4-12-3-7(9)2-10-12/h2-3,6,13H,4-5,9H2,1H3,(H,11,14). The lowest BCUT2D eigenvalue weighted by molar-refractivity contribution is -0.122. The second kappa shape index (κ2) is 4.61. The van der Waals surface area contributed by atoms with Crippen LogP contribution in [0, 0.1) is 0 Å². The van der Waals surface area contributed by atoms with Gasteiger partial charge in [-0.15, -0.1) is 0 Å². The van der Waals surface area contributed by atoms with Crippen molar-refractivity contribution in [1.29, 1.82) is 0 Å². The van der Waals surface area contributed by atoms with Crippen LogP contribution in [-0.2, 0) is 11.3 Å². The van der Waals surface area contributed by atoms with Crippen molar-refractivity contribution in [2.24, 2.45) is 0 Å². The number of nitrogens with one attached hydrogen (secondary N) is 1. The molecular weight excluding hydrogens is 184 g/mol. The van der Waals surface area contributed by atoms with E-state index in [4.69, 9.17) is 10.8 Å². The zero-order chi connectivity index (χ0) is 10.6. The molecule has 1 aromatic heterocycles. The van der Waals surface area contributed by atoms with E-state index in [9.17, 15) is 4.79 Å². The second-order valence-corrected chi connectivity index (χ2v) is 3.12. The van der Waals surface area contributed by atoms with Crippen LogP contribution in [-0.4, -0.2) is 33.4 Å². The number of hydrogen-bond donors (Lipinski definition) is 3. The first-order chi connectivity index (χ1) is 6.61. The van der Waals surface area contributed by atoms with Crippen molar-refractivity contribution in [2.75, 3.05) is 12.3 Å². The monoisotopic (exact) mass is 198 g/mol. The Morgan fingerprint density at radius 2 is 2.57 bits per heavy atom. The van der Waals surface area contributed by atoms with Gasteiger partial charge in [0.25, 0.3) is 0 Å². The first-order valence-electron chi connectivity index (χ1n) is 4.30. The number of rotatable bonds is 4. The van der Waals surface area contributed by atoms with E-state index in [1.165, 1.54) is 10.9 Å². The number of nitrogen functional groups attached to an aromatic ring is 1. The number of carbonyl (C=O) groups is 1. The second-order valence-electron chi connectivity index (χ2n) is 3.12. The summed E-state index contributed by atoms with van der Waals surface area (Å²) in [6.45, 7) is 1.75. The fourth-order valence-electron chi connectivity index (χ4n) is 0.979. The molecule has 78 valence electrons. The van der Waals surface area contributed by atoms with Gasteiger partial charge in [-0.2, -0.15) is 5.10 Å². The number of aromatic nitrogens is 2. The van der Waals surface area contributed by atoms with Crippen LogP contribution in [0.15, 0.2) is 12.4 Å². The van der Waals surface area contributed by atoms with E-state index < -0.39 is 0 Å². The van der Waals surface area contributed by atoms with Crippen LogP contribution in [0.5, 0.6) is 0 Å². The average molecular weight is 198 g/mol. The molecule has 0 fully saturated rings. The highest BCUT2D eigenvalue weighted by Crippen LogP contribution is 1.97. The van der Waals surface area contributed by atoms with Crippen molar-refractivity contribution in [2.45, 2.75) is 19.5 Å². The normalized spacial score (nSPS) is 12.4. The van der Waals surface area contributed by atoms with E-state index in [2.05, 4.69) is 10.4 Å². The van der Waals surface area contributed by atoms with Gasteiger partial charge < -0.3 is 16.2 Å². The summed E-state index contributed by atoms with van der Waals surface area (Å²) in [5, 5.41) is 15.2. The highest BCUT2D eigenvalue weighted by Gasteiger charge is 2.06. The molecular formula is C8H14N4O2. The third-order valence-electron chi connectivity index (χ3n) is 1.64. The SMILES string of the molecule is CC(CO)NC(=O)Cn1cc(N)cn1. The Morgan fingerprint density at radius 1 is 1.86 bits per heavy atom. The third kappa shape index (κ3) is 3.06. The van der Waals surface area contributed by atoms with Crippen LogP contribution in [0.4, 0.5) is 5.69 Å². The molecule has 0 radical (unpaired) electrons. The number of carbonyl (C=O) groups excluding carboxylic acids is 1. The highest BCUT2D eigenvalue weighted by atomic mass is 16.3. The minimum Gasteiger partial charge on any atom is -0.396 e.